The van der Waals surface area contributed by atoms with Crippen LogP contribution >= 0.6 is 0 Å². The molecule has 0 spiro atoms. The van der Waals surface area contributed by atoms with Gasteiger partial charge >= 0.3 is 0 Å². The molecule has 0 radical (unpaired) electrons. The van der Waals surface area contributed by atoms with Crippen molar-refractivity contribution in [1.29, 1.82) is 0 Å². The first-order valence-corrected chi connectivity index (χ1v) is 8.73. The number of amides is 1. The minimum atomic E-state index is -0.398. The van der Waals surface area contributed by atoms with Crippen LogP contribution in [0.1, 0.15) is 42.1 Å². The van der Waals surface area contributed by atoms with Crippen LogP contribution in [0, 0.1) is 5.82 Å². The van der Waals surface area contributed by atoms with E-state index in [2.05, 4.69) is 10.3 Å². The molecule has 1 aromatic carbocycles. The summed E-state index contributed by atoms with van der Waals surface area (Å²) in [5, 5.41) is 8.18. The molecule has 26 heavy (non-hydrogen) atoms. The molecular weight excluding hydrogens is 335 g/mol. The van der Waals surface area contributed by atoms with Gasteiger partial charge < -0.3 is 9.42 Å². The Morgan fingerprint density at radius 3 is 3.00 bits per heavy atom. The quantitative estimate of drug-likeness (QED) is 0.717. The van der Waals surface area contributed by atoms with E-state index in [1.165, 1.54) is 12.1 Å². The van der Waals surface area contributed by atoms with Gasteiger partial charge in [0, 0.05) is 30.9 Å². The van der Waals surface area contributed by atoms with Crippen molar-refractivity contribution in [3.8, 4) is 11.3 Å². The van der Waals surface area contributed by atoms with Crippen LogP contribution in [0.3, 0.4) is 0 Å². The maximum atomic E-state index is 13.9. The zero-order chi connectivity index (χ0) is 18.1. The lowest BCUT2D eigenvalue weighted by Crippen LogP contribution is -2.31. The second-order valence-electron chi connectivity index (χ2n) is 6.28. The summed E-state index contributed by atoms with van der Waals surface area (Å²) in [5.41, 5.74) is 1.66. The van der Waals surface area contributed by atoms with Crippen molar-refractivity contribution in [3.63, 3.8) is 0 Å². The molecule has 4 rings (SSSR count). The Morgan fingerprint density at radius 1 is 1.35 bits per heavy atom. The number of carbonyl (C=O) groups is 1. The second kappa shape index (κ2) is 6.74. The van der Waals surface area contributed by atoms with Crippen molar-refractivity contribution in [3.05, 3.63) is 59.9 Å². The molecule has 1 saturated heterocycles. The highest BCUT2D eigenvalue weighted by Gasteiger charge is 2.34. The Bertz CT molecular complexity index is 933. The van der Waals surface area contributed by atoms with E-state index < -0.39 is 5.82 Å². The van der Waals surface area contributed by atoms with Crippen molar-refractivity contribution in [1.82, 2.24) is 19.8 Å². The van der Waals surface area contributed by atoms with E-state index in [1.807, 2.05) is 17.7 Å². The number of halogens is 1. The fourth-order valence-electron chi connectivity index (χ4n) is 3.52. The van der Waals surface area contributed by atoms with E-state index in [9.17, 15) is 9.18 Å². The Labute approximate surface area is 150 Å². The molecule has 134 valence electrons. The molecule has 0 unspecified atom stereocenters. The number of benzene rings is 1. The molecule has 3 heterocycles. The molecule has 0 aliphatic carbocycles. The van der Waals surface area contributed by atoms with Crippen molar-refractivity contribution in [2.24, 2.45) is 0 Å². The van der Waals surface area contributed by atoms with E-state index in [-0.39, 0.29) is 17.7 Å². The highest BCUT2D eigenvalue weighted by Crippen LogP contribution is 2.33. The van der Waals surface area contributed by atoms with E-state index >= 15 is 0 Å². The third-order valence-electron chi connectivity index (χ3n) is 4.77. The summed E-state index contributed by atoms with van der Waals surface area (Å²) >= 11 is 0. The lowest BCUT2D eigenvalue weighted by molar-refractivity contribution is 0.0687. The standard InChI is InChI=1S/C19H19FN4O2/c1-2-24-17(9-10-21-24)16-8-5-11-23(16)19(25)18-12-15(22-26-18)13-6-3-4-7-14(13)20/h3-4,6-7,9-10,12,16H,2,5,8,11H2,1H3/t16-/m1/s1. The zero-order valence-electron chi connectivity index (χ0n) is 14.4. The summed E-state index contributed by atoms with van der Waals surface area (Å²) in [6, 6.07) is 9.71. The number of hydrogen-bond acceptors (Lipinski definition) is 4. The average Bonchev–Trinajstić information content (AvgIpc) is 3.39. The van der Waals surface area contributed by atoms with Gasteiger partial charge in [-0.2, -0.15) is 5.10 Å². The topological polar surface area (TPSA) is 64.2 Å². The first-order chi connectivity index (χ1) is 12.7. The number of hydrogen-bond donors (Lipinski definition) is 0. The first kappa shape index (κ1) is 16.5. The molecule has 1 fully saturated rings. The van der Waals surface area contributed by atoms with Gasteiger partial charge in [0.15, 0.2) is 0 Å². The summed E-state index contributed by atoms with van der Waals surface area (Å²) in [4.78, 5) is 14.7. The van der Waals surface area contributed by atoms with E-state index in [0.29, 0.717) is 17.8 Å². The number of rotatable bonds is 4. The molecule has 1 aliphatic rings. The normalized spacial score (nSPS) is 17.0. The number of carbonyl (C=O) groups excluding carboxylic acids is 1. The fraction of sp³-hybridized carbons (Fsp3) is 0.316. The lowest BCUT2D eigenvalue weighted by Gasteiger charge is -2.24. The maximum Gasteiger partial charge on any atom is 0.293 e. The summed E-state index contributed by atoms with van der Waals surface area (Å²) in [7, 11) is 0. The van der Waals surface area contributed by atoms with E-state index in [1.54, 1.807) is 29.3 Å². The Morgan fingerprint density at radius 2 is 2.19 bits per heavy atom. The van der Waals surface area contributed by atoms with Crippen molar-refractivity contribution < 1.29 is 13.7 Å². The lowest BCUT2D eigenvalue weighted by atomic mass is 10.1. The Balaban J connectivity index is 1.61. The van der Waals surface area contributed by atoms with Crippen LogP contribution in [0.5, 0.6) is 0 Å². The second-order valence-corrected chi connectivity index (χ2v) is 6.28. The molecule has 1 aliphatic heterocycles. The van der Waals surface area contributed by atoms with Crippen molar-refractivity contribution in [2.45, 2.75) is 32.4 Å². The summed E-state index contributed by atoms with van der Waals surface area (Å²) < 4.78 is 21.1. The summed E-state index contributed by atoms with van der Waals surface area (Å²) in [6.07, 6.45) is 3.55. The fourth-order valence-corrected chi connectivity index (χ4v) is 3.52. The first-order valence-electron chi connectivity index (χ1n) is 8.73. The molecule has 3 aromatic rings. The third-order valence-corrected chi connectivity index (χ3v) is 4.77. The molecule has 0 saturated carbocycles. The Kier molecular flexibility index (Phi) is 4.28. The van der Waals surface area contributed by atoms with Crippen LogP contribution in [0.4, 0.5) is 4.39 Å². The van der Waals surface area contributed by atoms with Crippen LogP contribution in [0.15, 0.2) is 47.1 Å². The van der Waals surface area contributed by atoms with Gasteiger partial charge in [0.25, 0.3) is 5.91 Å². The summed E-state index contributed by atoms with van der Waals surface area (Å²) in [6.45, 7) is 3.42. The number of aryl methyl sites for hydroxylation is 1. The predicted octanol–water partition coefficient (Wildman–Crippen LogP) is 3.67. The van der Waals surface area contributed by atoms with E-state index in [0.717, 1.165) is 25.1 Å². The van der Waals surface area contributed by atoms with Gasteiger partial charge in [-0.1, -0.05) is 17.3 Å². The largest absolute Gasteiger partial charge is 0.350 e. The molecular formula is C19H19FN4O2. The van der Waals surface area contributed by atoms with Crippen molar-refractivity contribution >= 4 is 5.91 Å². The van der Waals surface area contributed by atoms with Crippen molar-refractivity contribution in [2.75, 3.05) is 6.54 Å². The minimum Gasteiger partial charge on any atom is -0.350 e. The van der Waals surface area contributed by atoms with Crippen LogP contribution in [-0.4, -0.2) is 32.3 Å². The van der Waals surface area contributed by atoms with Crippen LogP contribution in [0.25, 0.3) is 11.3 Å². The van der Waals surface area contributed by atoms with Gasteiger partial charge in [-0.05, 0) is 38.0 Å². The SMILES string of the molecule is CCn1nccc1[C@H]1CCCN1C(=O)c1cc(-c2ccccc2F)no1. The van der Waals surface area contributed by atoms with Gasteiger partial charge in [-0.25, -0.2) is 4.39 Å². The smallest absolute Gasteiger partial charge is 0.293 e. The zero-order valence-corrected chi connectivity index (χ0v) is 14.4. The molecule has 7 heteroatoms. The third kappa shape index (κ3) is 2.79. The number of nitrogens with zero attached hydrogens (tertiary/aromatic N) is 4. The molecule has 0 bridgehead atoms. The van der Waals surface area contributed by atoms with Gasteiger partial charge in [-0.3, -0.25) is 9.48 Å². The number of aromatic nitrogens is 3. The van der Waals surface area contributed by atoms with Gasteiger partial charge in [0.1, 0.15) is 11.5 Å². The maximum absolute atomic E-state index is 13.9. The molecule has 1 atom stereocenters. The monoisotopic (exact) mass is 354 g/mol. The molecule has 6 nitrogen and oxygen atoms in total. The van der Waals surface area contributed by atoms with Gasteiger partial charge in [-0.15, -0.1) is 0 Å². The molecule has 2 aromatic heterocycles. The minimum absolute atomic E-state index is 0.0352. The van der Waals surface area contributed by atoms with Crippen LogP contribution in [-0.2, 0) is 6.54 Å². The van der Waals surface area contributed by atoms with Crippen LogP contribution < -0.4 is 0 Å². The predicted molar refractivity (Wildman–Crippen MR) is 92.8 cm³/mol. The highest BCUT2D eigenvalue weighted by atomic mass is 19.1. The van der Waals surface area contributed by atoms with E-state index in [4.69, 9.17) is 4.52 Å². The van der Waals surface area contributed by atoms with Gasteiger partial charge in [0.2, 0.25) is 5.76 Å². The van der Waals surface area contributed by atoms with Gasteiger partial charge in [0.05, 0.1) is 11.7 Å². The number of likely N-dealkylation sites (tertiary alicyclic amines) is 1. The highest BCUT2D eigenvalue weighted by molar-refractivity contribution is 5.93. The molecule has 1 amide bonds. The van der Waals surface area contributed by atoms with Crippen LogP contribution in [0.2, 0.25) is 0 Å². The average molecular weight is 354 g/mol. The molecule has 0 N–H and O–H groups in total. The Hall–Kier alpha value is -2.96. The summed E-state index contributed by atoms with van der Waals surface area (Å²) in [5.74, 6) is -0.505.